The molecule has 1 aliphatic heterocycles. The van der Waals surface area contributed by atoms with Crippen molar-refractivity contribution >= 4 is 36.0 Å². The molecule has 0 amide bonds. The number of aliphatic hydroxyl groups excluding tert-OH is 1. The standard InChI is InChI=1S/C21H27BrN2O6S2/c1-15-12-24(16(2)14-25)32(28,29)21-10-9-17(22)11-19(21)30-20(15)13-23(3)31(26,27)18-7-5-4-6-8-18/h4-11,15-16,20,25H,12-14H2,1-3H3/t15-,16-,20+/m0/s1. The van der Waals surface area contributed by atoms with Crippen LogP contribution in [-0.2, 0) is 20.0 Å². The Morgan fingerprint density at radius 3 is 2.53 bits per heavy atom. The van der Waals surface area contributed by atoms with Gasteiger partial charge in [0.2, 0.25) is 20.0 Å². The van der Waals surface area contributed by atoms with E-state index in [1.165, 1.54) is 33.9 Å². The van der Waals surface area contributed by atoms with Gasteiger partial charge in [-0.25, -0.2) is 16.8 Å². The fraction of sp³-hybridized carbons (Fsp3) is 0.429. The highest BCUT2D eigenvalue weighted by Crippen LogP contribution is 2.35. The normalized spacial score (nSPS) is 22.4. The lowest BCUT2D eigenvalue weighted by atomic mass is 10.0. The summed E-state index contributed by atoms with van der Waals surface area (Å²) in [6.45, 7) is 3.19. The number of hydrogen-bond acceptors (Lipinski definition) is 6. The molecule has 1 aliphatic rings. The number of nitrogens with zero attached hydrogens (tertiary/aromatic N) is 2. The number of hydrogen-bond donors (Lipinski definition) is 1. The molecule has 0 aromatic heterocycles. The summed E-state index contributed by atoms with van der Waals surface area (Å²) in [7, 11) is -6.21. The molecule has 2 aromatic carbocycles. The maximum Gasteiger partial charge on any atom is 0.247 e. The molecule has 0 spiro atoms. The number of aliphatic hydroxyl groups is 1. The molecule has 1 heterocycles. The molecule has 11 heteroatoms. The Labute approximate surface area is 198 Å². The third kappa shape index (κ3) is 5.02. The molecule has 0 saturated carbocycles. The highest BCUT2D eigenvalue weighted by molar-refractivity contribution is 9.10. The molecule has 32 heavy (non-hydrogen) atoms. The number of likely N-dealkylation sites (N-methyl/N-ethyl adjacent to an activating group) is 1. The van der Waals surface area contributed by atoms with Crippen LogP contribution in [0.5, 0.6) is 5.75 Å². The Morgan fingerprint density at radius 1 is 1.25 bits per heavy atom. The first-order valence-corrected chi connectivity index (χ1v) is 13.8. The van der Waals surface area contributed by atoms with Gasteiger partial charge in [0.25, 0.3) is 0 Å². The van der Waals surface area contributed by atoms with E-state index in [1.807, 2.05) is 6.92 Å². The number of ether oxygens (including phenoxy) is 1. The van der Waals surface area contributed by atoms with Crippen LogP contribution in [0, 0.1) is 5.92 Å². The van der Waals surface area contributed by atoms with Crippen molar-refractivity contribution in [1.82, 2.24) is 8.61 Å². The molecular formula is C21H27BrN2O6S2. The van der Waals surface area contributed by atoms with Gasteiger partial charge in [-0.2, -0.15) is 8.61 Å². The van der Waals surface area contributed by atoms with E-state index in [9.17, 15) is 21.9 Å². The summed E-state index contributed by atoms with van der Waals surface area (Å²) in [4.78, 5) is 0.147. The Morgan fingerprint density at radius 2 is 1.91 bits per heavy atom. The zero-order chi connectivity index (χ0) is 23.7. The van der Waals surface area contributed by atoms with Gasteiger partial charge in [0, 0.05) is 30.0 Å². The van der Waals surface area contributed by atoms with Gasteiger partial charge in [-0.05, 0) is 37.3 Å². The summed E-state index contributed by atoms with van der Waals surface area (Å²) in [6.07, 6.45) is -0.629. The van der Waals surface area contributed by atoms with Crippen LogP contribution in [0.2, 0.25) is 0 Å². The predicted molar refractivity (Wildman–Crippen MR) is 124 cm³/mol. The van der Waals surface area contributed by atoms with E-state index in [4.69, 9.17) is 4.74 Å². The van der Waals surface area contributed by atoms with Gasteiger partial charge in [0.05, 0.1) is 18.0 Å². The zero-order valence-electron chi connectivity index (χ0n) is 18.0. The molecule has 0 saturated heterocycles. The first-order chi connectivity index (χ1) is 15.0. The van der Waals surface area contributed by atoms with Crippen LogP contribution in [0.15, 0.2) is 62.8 Å². The summed E-state index contributed by atoms with van der Waals surface area (Å²) in [6, 6.07) is 12.1. The summed E-state index contributed by atoms with van der Waals surface area (Å²) < 4.78 is 61.9. The van der Waals surface area contributed by atoms with E-state index < -0.39 is 32.2 Å². The molecule has 1 N–H and O–H groups in total. The van der Waals surface area contributed by atoms with Gasteiger partial charge >= 0.3 is 0 Å². The van der Waals surface area contributed by atoms with E-state index >= 15 is 0 Å². The fourth-order valence-corrected chi connectivity index (χ4v) is 6.91. The molecule has 176 valence electrons. The Hall–Kier alpha value is -1.50. The maximum absolute atomic E-state index is 13.3. The summed E-state index contributed by atoms with van der Waals surface area (Å²) >= 11 is 3.34. The number of halogens is 1. The third-order valence-corrected chi connectivity index (χ3v) is 9.87. The maximum atomic E-state index is 13.3. The zero-order valence-corrected chi connectivity index (χ0v) is 21.3. The van der Waals surface area contributed by atoms with Gasteiger partial charge in [0.15, 0.2) is 0 Å². The molecule has 8 nitrogen and oxygen atoms in total. The van der Waals surface area contributed by atoms with Crippen molar-refractivity contribution < 1.29 is 26.7 Å². The predicted octanol–water partition coefficient (Wildman–Crippen LogP) is 2.54. The van der Waals surface area contributed by atoms with Gasteiger partial charge in [-0.15, -0.1) is 0 Å². The van der Waals surface area contributed by atoms with Gasteiger partial charge < -0.3 is 9.84 Å². The van der Waals surface area contributed by atoms with Crippen LogP contribution < -0.4 is 4.74 Å². The molecule has 0 bridgehead atoms. The smallest absolute Gasteiger partial charge is 0.247 e. The number of rotatable bonds is 6. The molecular weight excluding hydrogens is 520 g/mol. The lowest BCUT2D eigenvalue weighted by Gasteiger charge is -2.37. The second kappa shape index (κ2) is 9.78. The first-order valence-electron chi connectivity index (χ1n) is 10.1. The average Bonchev–Trinajstić information content (AvgIpc) is 2.75. The second-order valence-corrected chi connectivity index (χ2v) is 12.7. The van der Waals surface area contributed by atoms with Crippen LogP contribution >= 0.6 is 15.9 Å². The number of sulfonamides is 2. The molecule has 0 unspecified atom stereocenters. The SMILES string of the molecule is C[C@H]1CN([C@@H](C)CO)S(=O)(=O)c2ccc(Br)cc2O[C@@H]1CN(C)S(=O)(=O)c1ccccc1. The molecule has 0 fully saturated rings. The average molecular weight is 547 g/mol. The summed E-state index contributed by atoms with van der Waals surface area (Å²) in [5.41, 5.74) is 0. The first kappa shape index (κ1) is 25.1. The van der Waals surface area contributed by atoms with Crippen LogP contribution in [0.1, 0.15) is 13.8 Å². The monoisotopic (exact) mass is 546 g/mol. The van der Waals surface area contributed by atoms with Crippen molar-refractivity contribution in [1.29, 1.82) is 0 Å². The minimum absolute atomic E-state index is 0.0196. The number of fused-ring (bicyclic) bond motifs is 1. The van der Waals surface area contributed by atoms with Crippen LogP contribution in [-0.4, -0.2) is 69.4 Å². The minimum atomic E-state index is -3.93. The van der Waals surface area contributed by atoms with Gasteiger partial charge in [0.1, 0.15) is 16.7 Å². The topological polar surface area (TPSA) is 104 Å². The fourth-order valence-electron chi connectivity index (χ4n) is 3.54. The van der Waals surface area contributed by atoms with Gasteiger partial charge in [-0.1, -0.05) is 41.1 Å². The molecule has 3 atom stereocenters. The summed E-state index contributed by atoms with van der Waals surface area (Å²) in [5, 5.41) is 9.67. The quantitative estimate of drug-likeness (QED) is 0.596. The van der Waals surface area contributed by atoms with E-state index in [0.29, 0.717) is 4.47 Å². The van der Waals surface area contributed by atoms with E-state index in [-0.39, 0.29) is 41.2 Å². The van der Waals surface area contributed by atoms with Crippen molar-refractivity contribution in [2.24, 2.45) is 5.92 Å². The van der Waals surface area contributed by atoms with Crippen molar-refractivity contribution in [2.45, 2.75) is 35.8 Å². The van der Waals surface area contributed by atoms with Crippen molar-refractivity contribution in [3.05, 3.63) is 53.0 Å². The summed E-state index contributed by atoms with van der Waals surface area (Å²) in [5.74, 6) is -0.226. The third-order valence-electron chi connectivity index (χ3n) is 5.52. The van der Waals surface area contributed by atoms with Crippen molar-refractivity contribution in [3.63, 3.8) is 0 Å². The van der Waals surface area contributed by atoms with E-state index in [2.05, 4.69) is 15.9 Å². The number of benzene rings is 2. The minimum Gasteiger partial charge on any atom is -0.487 e. The lowest BCUT2D eigenvalue weighted by molar-refractivity contribution is 0.0904. The Kier molecular flexibility index (Phi) is 7.68. The van der Waals surface area contributed by atoms with Gasteiger partial charge in [-0.3, -0.25) is 0 Å². The molecule has 0 aliphatic carbocycles. The van der Waals surface area contributed by atoms with Crippen molar-refractivity contribution in [3.8, 4) is 5.75 Å². The van der Waals surface area contributed by atoms with Crippen LogP contribution in [0.3, 0.4) is 0 Å². The molecule has 3 rings (SSSR count). The largest absolute Gasteiger partial charge is 0.487 e. The molecule has 0 radical (unpaired) electrons. The van der Waals surface area contributed by atoms with E-state index in [1.54, 1.807) is 37.3 Å². The van der Waals surface area contributed by atoms with Crippen LogP contribution in [0.25, 0.3) is 0 Å². The van der Waals surface area contributed by atoms with Crippen molar-refractivity contribution in [2.75, 3.05) is 26.7 Å². The Bertz CT molecular complexity index is 1160. The highest BCUT2D eigenvalue weighted by Gasteiger charge is 2.39. The molecule has 2 aromatic rings. The Balaban J connectivity index is 2.01. The second-order valence-electron chi connectivity index (χ2n) is 7.93. The van der Waals surface area contributed by atoms with E-state index in [0.717, 1.165) is 0 Å². The van der Waals surface area contributed by atoms with Crippen LogP contribution in [0.4, 0.5) is 0 Å². The lowest BCUT2D eigenvalue weighted by Crippen LogP contribution is -2.50. The highest BCUT2D eigenvalue weighted by atomic mass is 79.9.